The number of hydrogen-bond donors (Lipinski definition) is 0. The molecule has 1 aromatic heterocycles. The van der Waals surface area contributed by atoms with Gasteiger partial charge in [-0.1, -0.05) is 24.3 Å². The zero-order chi connectivity index (χ0) is 18.5. The van der Waals surface area contributed by atoms with Crippen LogP contribution in [0.25, 0.3) is 16.5 Å². The van der Waals surface area contributed by atoms with Gasteiger partial charge in [0, 0.05) is 42.4 Å². The van der Waals surface area contributed by atoms with Crippen LogP contribution in [-0.2, 0) is 11.3 Å². The molecule has 2 atom stereocenters. The lowest BCUT2D eigenvalue weighted by molar-refractivity contribution is -0.134. The molecule has 1 aromatic carbocycles. The molecule has 0 saturated heterocycles. The third kappa shape index (κ3) is 2.20. The van der Waals surface area contributed by atoms with Gasteiger partial charge in [0.15, 0.2) is 5.66 Å². The predicted octanol–water partition coefficient (Wildman–Crippen LogP) is 2.87. The van der Waals surface area contributed by atoms with Gasteiger partial charge in [-0.15, -0.1) is 0 Å². The third-order valence-corrected chi connectivity index (χ3v) is 6.02. The molecule has 136 valence electrons. The number of rotatable bonds is 4. The highest BCUT2D eigenvalue weighted by molar-refractivity contribution is 5.97. The van der Waals surface area contributed by atoms with Gasteiger partial charge < -0.3 is 9.47 Å². The monoisotopic (exact) mass is 350 g/mol. The van der Waals surface area contributed by atoms with Gasteiger partial charge in [-0.3, -0.25) is 14.7 Å². The number of hydrogen-bond acceptors (Lipinski definition) is 3. The highest BCUT2D eigenvalue weighted by Crippen LogP contribution is 2.45. The van der Waals surface area contributed by atoms with E-state index in [1.54, 1.807) is 0 Å². The smallest absolute Gasteiger partial charge is 0.230 e. The molecule has 3 heterocycles. The van der Waals surface area contributed by atoms with Crippen molar-refractivity contribution >= 4 is 29.1 Å². The van der Waals surface area contributed by atoms with Gasteiger partial charge in [0.2, 0.25) is 5.91 Å². The molecule has 26 heavy (non-hydrogen) atoms. The maximum Gasteiger partial charge on any atom is 0.230 e. The Bertz CT molecular complexity index is 908. The van der Waals surface area contributed by atoms with Crippen LogP contribution in [0.3, 0.4) is 0 Å². The standard InChI is InChI=1S/C21H26N4O/c1-5-24(6-2)20(26)16-12-18-17-9-7-8-15-10-11-25(19(15)17)14-21(18,22-3)23(4)13-16/h7-12,16H,3,5-6,13-14H2,1-2,4H3/t16-,21?/m1/s1. The largest absolute Gasteiger partial charge is 0.343 e. The van der Waals surface area contributed by atoms with Crippen molar-refractivity contribution in [3.05, 3.63) is 42.1 Å². The molecule has 0 aliphatic carbocycles. The van der Waals surface area contributed by atoms with Gasteiger partial charge in [0.05, 0.1) is 18.0 Å². The lowest BCUT2D eigenvalue weighted by Gasteiger charge is -2.48. The van der Waals surface area contributed by atoms with Gasteiger partial charge in [0.1, 0.15) is 0 Å². The lowest BCUT2D eigenvalue weighted by Crippen LogP contribution is -2.56. The van der Waals surface area contributed by atoms with E-state index < -0.39 is 5.66 Å². The molecular formula is C21H26N4O. The van der Waals surface area contributed by atoms with Gasteiger partial charge in [-0.2, -0.15) is 0 Å². The Hall–Kier alpha value is -2.40. The van der Waals surface area contributed by atoms with Gasteiger partial charge in [-0.25, -0.2) is 0 Å². The van der Waals surface area contributed by atoms with Crippen LogP contribution in [0.2, 0.25) is 0 Å². The van der Waals surface area contributed by atoms with Crippen molar-refractivity contribution in [1.29, 1.82) is 0 Å². The minimum Gasteiger partial charge on any atom is -0.343 e. The summed E-state index contributed by atoms with van der Waals surface area (Å²) in [5.41, 5.74) is 2.99. The van der Waals surface area contributed by atoms with Gasteiger partial charge >= 0.3 is 0 Å². The average Bonchev–Trinajstić information content (AvgIpc) is 3.07. The molecule has 2 aliphatic rings. The predicted molar refractivity (Wildman–Crippen MR) is 106 cm³/mol. The minimum absolute atomic E-state index is 0.151. The van der Waals surface area contributed by atoms with E-state index in [2.05, 4.69) is 64.8 Å². The van der Waals surface area contributed by atoms with Crippen molar-refractivity contribution in [3.63, 3.8) is 0 Å². The van der Waals surface area contributed by atoms with Crippen LogP contribution in [0.15, 0.2) is 41.5 Å². The number of aromatic nitrogens is 1. The van der Waals surface area contributed by atoms with Crippen molar-refractivity contribution in [2.75, 3.05) is 26.7 Å². The highest BCUT2D eigenvalue weighted by atomic mass is 16.2. The molecular weight excluding hydrogens is 324 g/mol. The summed E-state index contributed by atoms with van der Waals surface area (Å²) in [6, 6.07) is 8.50. The molecule has 0 radical (unpaired) electrons. The first-order valence-corrected chi connectivity index (χ1v) is 9.34. The summed E-state index contributed by atoms with van der Waals surface area (Å²) in [4.78, 5) is 21.7. The second-order valence-corrected chi connectivity index (χ2v) is 7.24. The fraction of sp³-hybridized carbons (Fsp3) is 0.429. The van der Waals surface area contributed by atoms with E-state index in [0.29, 0.717) is 6.54 Å². The maximum atomic E-state index is 13.0. The first-order valence-electron chi connectivity index (χ1n) is 9.34. The summed E-state index contributed by atoms with van der Waals surface area (Å²) in [7, 11) is 2.05. The Balaban J connectivity index is 1.89. The SMILES string of the molecule is C=NC12Cn3ccc4cccc(c43)C1=C[C@@H](C(=O)N(CC)CC)CN2C. The number of aliphatic imine (C=N–C) groups is 1. The first-order chi connectivity index (χ1) is 12.6. The molecule has 2 aromatic rings. The Morgan fingerprint density at radius 2 is 2.12 bits per heavy atom. The second-order valence-electron chi connectivity index (χ2n) is 7.24. The van der Waals surface area contributed by atoms with Crippen molar-refractivity contribution in [1.82, 2.24) is 14.4 Å². The Kier molecular flexibility index (Phi) is 3.99. The van der Waals surface area contributed by atoms with Crippen LogP contribution in [0.5, 0.6) is 0 Å². The Morgan fingerprint density at radius 3 is 2.81 bits per heavy atom. The number of nitrogens with zero attached hydrogens (tertiary/aromatic N) is 4. The second kappa shape index (κ2) is 6.09. The number of fused-ring (bicyclic) bond motifs is 2. The van der Waals surface area contributed by atoms with E-state index in [-0.39, 0.29) is 11.8 Å². The van der Waals surface area contributed by atoms with E-state index in [1.807, 2.05) is 18.7 Å². The molecule has 1 amide bonds. The number of likely N-dealkylation sites (N-methyl/N-ethyl adjacent to an activating group) is 1. The molecule has 0 saturated carbocycles. The van der Waals surface area contributed by atoms with Crippen LogP contribution < -0.4 is 0 Å². The number of para-hydroxylation sites is 1. The zero-order valence-corrected chi connectivity index (χ0v) is 15.8. The Labute approximate surface area is 154 Å². The number of carbonyl (C=O) groups excluding carboxylic acids is 1. The van der Waals surface area contributed by atoms with Crippen molar-refractivity contribution in [2.45, 2.75) is 26.1 Å². The normalized spacial score (nSPS) is 24.9. The van der Waals surface area contributed by atoms with E-state index >= 15 is 0 Å². The summed E-state index contributed by atoms with van der Waals surface area (Å²) in [5.74, 6) is 0.0432. The van der Waals surface area contributed by atoms with Crippen LogP contribution in [0.4, 0.5) is 0 Å². The molecule has 5 heteroatoms. The molecule has 1 unspecified atom stereocenters. The summed E-state index contributed by atoms with van der Waals surface area (Å²) in [6.07, 6.45) is 4.28. The average molecular weight is 350 g/mol. The van der Waals surface area contributed by atoms with Crippen molar-refractivity contribution < 1.29 is 4.79 Å². The molecule has 0 bridgehead atoms. The number of benzene rings is 1. The van der Waals surface area contributed by atoms with Crippen LogP contribution >= 0.6 is 0 Å². The Morgan fingerprint density at radius 1 is 1.35 bits per heavy atom. The first kappa shape index (κ1) is 17.0. The van der Waals surface area contributed by atoms with Crippen LogP contribution in [-0.4, -0.2) is 59.3 Å². The fourth-order valence-electron chi connectivity index (χ4n) is 4.57. The van der Waals surface area contributed by atoms with E-state index in [9.17, 15) is 4.79 Å². The number of amides is 1. The summed E-state index contributed by atoms with van der Waals surface area (Å²) in [6.45, 7) is 10.9. The highest BCUT2D eigenvalue weighted by Gasteiger charge is 2.47. The summed E-state index contributed by atoms with van der Waals surface area (Å²) < 4.78 is 2.26. The van der Waals surface area contributed by atoms with Gasteiger partial charge in [-0.05, 0) is 33.7 Å². The van der Waals surface area contributed by atoms with Crippen molar-refractivity contribution in [3.8, 4) is 0 Å². The molecule has 5 nitrogen and oxygen atoms in total. The van der Waals surface area contributed by atoms with Crippen LogP contribution in [0, 0.1) is 5.92 Å². The van der Waals surface area contributed by atoms with Crippen molar-refractivity contribution in [2.24, 2.45) is 10.9 Å². The molecule has 4 rings (SSSR count). The topological polar surface area (TPSA) is 40.8 Å². The zero-order valence-electron chi connectivity index (χ0n) is 15.8. The third-order valence-electron chi connectivity index (χ3n) is 6.02. The lowest BCUT2D eigenvalue weighted by atomic mass is 9.81. The van der Waals surface area contributed by atoms with Crippen LogP contribution in [0.1, 0.15) is 19.4 Å². The summed E-state index contributed by atoms with van der Waals surface area (Å²) in [5, 5.41) is 1.22. The van der Waals surface area contributed by atoms with E-state index in [1.165, 1.54) is 10.9 Å². The molecule has 0 spiro atoms. The van der Waals surface area contributed by atoms with Gasteiger partial charge in [0.25, 0.3) is 0 Å². The summed E-state index contributed by atoms with van der Waals surface area (Å²) >= 11 is 0. The number of carbonyl (C=O) groups is 1. The molecule has 2 aliphatic heterocycles. The molecule has 0 N–H and O–H groups in total. The minimum atomic E-state index is -0.514. The van der Waals surface area contributed by atoms with E-state index in [4.69, 9.17) is 0 Å². The molecule has 0 fully saturated rings. The maximum absolute atomic E-state index is 13.0. The van der Waals surface area contributed by atoms with E-state index in [0.717, 1.165) is 30.8 Å². The fourth-order valence-corrected chi connectivity index (χ4v) is 4.57. The quantitative estimate of drug-likeness (QED) is 0.796.